The number of pyridine rings is 1. The Morgan fingerprint density at radius 1 is 1.36 bits per heavy atom. The SMILES string of the molecule is CC[C@@H]1CCCCN1Cc1c(C)[nH]c2c(Cl)cccc2c1=O. The highest BCUT2D eigenvalue weighted by molar-refractivity contribution is 6.35. The highest BCUT2D eigenvalue weighted by atomic mass is 35.5. The van der Waals surface area contributed by atoms with Crippen LogP contribution in [0.5, 0.6) is 0 Å². The third-order valence-corrected chi connectivity index (χ3v) is 5.19. The zero-order valence-electron chi connectivity index (χ0n) is 13.3. The maximum atomic E-state index is 12.9. The van der Waals surface area contributed by atoms with E-state index < -0.39 is 0 Å². The summed E-state index contributed by atoms with van der Waals surface area (Å²) in [6.07, 6.45) is 4.92. The first kappa shape index (κ1) is 15.6. The van der Waals surface area contributed by atoms with E-state index in [-0.39, 0.29) is 5.43 Å². The topological polar surface area (TPSA) is 36.1 Å². The van der Waals surface area contributed by atoms with Crippen molar-refractivity contribution in [2.75, 3.05) is 6.54 Å². The van der Waals surface area contributed by atoms with Gasteiger partial charge in [0, 0.05) is 29.2 Å². The van der Waals surface area contributed by atoms with E-state index >= 15 is 0 Å². The zero-order valence-corrected chi connectivity index (χ0v) is 14.0. The molecule has 0 bridgehead atoms. The molecule has 3 rings (SSSR count). The monoisotopic (exact) mass is 318 g/mol. The Kier molecular flexibility index (Phi) is 4.55. The molecule has 1 aromatic carbocycles. The van der Waals surface area contributed by atoms with Gasteiger partial charge in [-0.2, -0.15) is 0 Å². The van der Waals surface area contributed by atoms with Crippen LogP contribution < -0.4 is 5.43 Å². The van der Waals surface area contributed by atoms with Crippen LogP contribution in [0.15, 0.2) is 23.0 Å². The molecule has 1 atom stereocenters. The summed E-state index contributed by atoms with van der Waals surface area (Å²) >= 11 is 6.21. The van der Waals surface area contributed by atoms with E-state index in [4.69, 9.17) is 11.6 Å². The van der Waals surface area contributed by atoms with Crippen LogP contribution in [-0.4, -0.2) is 22.5 Å². The summed E-state index contributed by atoms with van der Waals surface area (Å²) in [4.78, 5) is 18.7. The van der Waals surface area contributed by atoms with Crippen LogP contribution in [0.4, 0.5) is 0 Å². The molecule has 3 nitrogen and oxygen atoms in total. The van der Waals surface area contributed by atoms with Gasteiger partial charge in [-0.15, -0.1) is 0 Å². The normalized spacial score (nSPS) is 19.7. The van der Waals surface area contributed by atoms with Gasteiger partial charge in [0.25, 0.3) is 0 Å². The summed E-state index contributed by atoms with van der Waals surface area (Å²) in [5.74, 6) is 0. The van der Waals surface area contributed by atoms with Crippen molar-refractivity contribution < 1.29 is 0 Å². The Labute approximate surface area is 136 Å². The number of aromatic amines is 1. The third kappa shape index (κ3) is 2.80. The number of aromatic nitrogens is 1. The van der Waals surface area contributed by atoms with Crippen LogP contribution in [-0.2, 0) is 6.54 Å². The Morgan fingerprint density at radius 3 is 2.95 bits per heavy atom. The number of piperidine rings is 1. The summed E-state index contributed by atoms with van der Waals surface area (Å²) in [7, 11) is 0. The van der Waals surface area contributed by atoms with Crippen LogP contribution in [0.1, 0.15) is 43.9 Å². The number of nitrogens with zero attached hydrogens (tertiary/aromatic N) is 1. The summed E-state index contributed by atoms with van der Waals surface area (Å²) in [5, 5.41) is 1.30. The number of para-hydroxylation sites is 1. The molecular weight excluding hydrogens is 296 g/mol. The second-order valence-electron chi connectivity index (χ2n) is 6.25. The minimum absolute atomic E-state index is 0.120. The molecule has 1 aromatic heterocycles. The third-order valence-electron chi connectivity index (χ3n) is 4.88. The predicted octanol–water partition coefficient (Wildman–Crippen LogP) is 4.25. The van der Waals surface area contributed by atoms with Crippen molar-refractivity contribution in [3.63, 3.8) is 0 Å². The average Bonchev–Trinajstić information content (AvgIpc) is 2.53. The number of fused-ring (bicyclic) bond motifs is 1. The number of likely N-dealkylation sites (tertiary alicyclic amines) is 1. The minimum Gasteiger partial charge on any atom is -0.357 e. The van der Waals surface area contributed by atoms with Gasteiger partial charge in [0.1, 0.15) is 0 Å². The van der Waals surface area contributed by atoms with Gasteiger partial charge in [-0.05, 0) is 44.9 Å². The van der Waals surface area contributed by atoms with E-state index in [1.165, 1.54) is 19.3 Å². The molecule has 1 aliphatic rings. The molecule has 118 valence electrons. The van der Waals surface area contributed by atoms with Crippen LogP contribution in [0.25, 0.3) is 10.9 Å². The fraction of sp³-hybridized carbons (Fsp3) is 0.500. The van der Waals surface area contributed by atoms with Crippen molar-refractivity contribution in [1.82, 2.24) is 9.88 Å². The molecule has 0 aliphatic carbocycles. The molecule has 2 aromatic rings. The zero-order chi connectivity index (χ0) is 15.7. The van der Waals surface area contributed by atoms with Gasteiger partial charge < -0.3 is 4.98 Å². The lowest BCUT2D eigenvalue weighted by Gasteiger charge is -2.35. The standard InChI is InChI=1S/C18H23ClN2O/c1-3-13-7-4-5-10-21(13)11-15-12(2)20-17-14(18(15)22)8-6-9-16(17)19/h6,8-9,13H,3-5,7,10-11H2,1-2H3,(H,20,22)/t13-/m1/s1. The first-order valence-electron chi connectivity index (χ1n) is 8.15. The van der Waals surface area contributed by atoms with Gasteiger partial charge in [0.05, 0.1) is 10.5 Å². The van der Waals surface area contributed by atoms with E-state index in [2.05, 4.69) is 16.8 Å². The lowest BCUT2D eigenvalue weighted by Crippen LogP contribution is -2.39. The Morgan fingerprint density at radius 2 is 2.18 bits per heavy atom. The van der Waals surface area contributed by atoms with Crippen LogP contribution in [0.3, 0.4) is 0 Å². The summed E-state index contributed by atoms with van der Waals surface area (Å²) < 4.78 is 0. The van der Waals surface area contributed by atoms with Crippen molar-refractivity contribution in [2.24, 2.45) is 0 Å². The number of nitrogens with one attached hydrogen (secondary N) is 1. The van der Waals surface area contributed by atoms with Crippen molar-refractivity contribution in [2.45, 2.75) is 52.1 Å². The van der Waals surface area contributed by atoms with Gasteiger partial charge in [0.2, 0.25) is 0 Å². The molecule has 1 N–H and O–H groups in total. The van der Waals surface area contributed by atoms with E-state index in [1.807, 2.05) is 25.1 Å². The van der Waals surface area contributed by atoms with Gasteiger partial charge in [-0.25, -0.2) is 0 Å². The molecule has 0 saturated carbocycles. The van der Waals surface area contributed by atoms with Crippen molar-refractivity contribution >= 4 is 22.5 Å². The van der Waals surface area contributed by atoms with Gasteiger partial charge in [-0.1, -0.05) is 31.0 Å². The van der Waals surface area contributed by atoms with E-state index in [0.717, 1.165) is 36.3 Å². The molecule has 0 amide bonds. The molecule has 22 heavy (non-hydrogen) atoms. The minimum atomic E-state index is 0.120. The van der Waals surface area contributed by atoms with Crippen molar-refractivity contribution in [1.29, 1.82) is 0 Å². The maximum Gasteiger partial charge on any atom is 0.194 e. The predicted molar refractivity (Wildman–Crippen MR) is 92.7 cm³/mol. The van der Waals surface area contributed by atoms with Crippen molar-refractivity contribution in [3.8, 4) is 0 Å². The number of rotatable bonds is 3. The molecule has 1 aliphatic heterocycles. The van der Waals surface area contributed by atoms with Gasteiger partial charge in [0.15, 0.2) is 5.43 Å². The molecule has 4 heteroatoms. The molecule has 0 unspecified atom stereocenters. The van der Waals surface area contributed by atoms with Crippen LogP contribution >= 0.6 is 11.6 Å². The molecule has 0 spiro atoms. The number of benzene rings is 1. The van der Waals surface area contributed by atoms with Crippen LogP contribution in [0, 0.1) is 6.92 Å². The second-order valence-corrected chi connectivity index (χ2v) is 6.66. The van der Waals surface area contributed by atoms with Crippen LogP contribution in [0.2, 0.25) is 5.02 Å². The van der Waals surface area contributed by atoms with E-state index in [0.29, 0.717) is 16.5 Å². The number of hydrogen-bond acceptors (Lipinski definition) is 2. The fourth-order valence-corrected chi connectivity index (χ4v) is 3.78. The molecule has 2 heterocycles. The first-order chi connectivity index (χ1) is 10.6. The Balaban J connectivity index is 2.02. The van der Waals surface area contributed by atoms with Gasteiger partial charge in [-0.3, -0.25) is 9.69 Å². The number of hydrogen-bond donors (Lipinski definition) is 1. The maximum absolute atomic E-state index is 12.9. The average molecular weight is 319 g/mol. The molecule has 0 radical (unpaired) electrons. The summed E-state index contributed by atoms with van der Waals surface area (Å²) in [6.45, 7) is 6.04. The molecule has 1 saturated heterocycles. The smallest absolute Gasteiger partial charge is 0.194 e. The van der Waals surface area contributed by atoms with Gasteiger partial charge >= 0.3 is 0 Å². The number of H-pyrrole nitrogens is 1. The first-order valence-corrected chi connectivity index (χ1v) is 8.53. The quantitative estimate of drug-likeness (QED) is 0.918. The lowest BCUT2D eigenvalue weighted by atomic mass is 9.98. The Bertz CT molecular complexity index is 738. The Hall–Kier alpha value is -1.32. The number of halogens is 1. The highest BCUT2D eigenvalue weighted by Crippen LogP contribution is 2.24. The lowest BCUT2D eigenvalue weighted by molar-refractivity contribution is 0.135. The summed E-state index contributed by atoms with van der Waals surface area (Å²) in [6, 6.07) is 6.12. The van der Waals surface area contributed by atoms with Crippen molar-refractivity contribution in [3.05, 3.63) is 44.7 Å². The van der Waals surface area contributed by atoms with E-state index in [1.54, 1.807) is 0 Å². The second kappa shape index (κ2) is 6.43. The molecule has 1 fully saturated rings. The fourth-order valence-electron chi connectivity index (χ4n) is 3.56. The van der Waals surface area contributed by atoms with E-state index in [9.17, 15) is 4.79 Å². The largest absolute Gasteiger partial charge is 0.357 e. The molecular formula is C18H23ClN2O. The summed E-state index contributed by atoms with van der Waals surface area (Å²) in [5.41, 5.74) is 2.69. The highest BCUT2D eigenvalue weighted by Gasteiger charge is 2.23. The number of aryl methyl sites for hydroxylation is 1.